The van der Waals surface area contributed by atoms with Crippen LogP contribution < -0.4 is 5.73 Å². The van der Waals surface area contributed by atoms with Crippen molar-refractivity contribution in [2.24, 2.45) is 5.73 Å². The molecule has 0 saturated heterocycles. The van der Waals surface area contributed by atoms with Crippen molar-refractivity contribution in [2.45, 2.75) is 13.5 Å². The first-order valence-electron chi connectivity index (χ1n) is 6.17. The highest BCUT2D eigenvalue weighted by Gasteiger charge is 2.16. The first-order chi connectivity index (χ1) is 9.61. The molecule has 0 aliphatic carbocycles. The molecule has 2 aromatic rings. The van der Waals surface area contributed by atoms with Crippen molar-refractivity contribution in [1.29, 1.82) is 0 Å². The van der Waals surface area contributed by atoms with Crippen LogP contribution in [0.4, 0.5) is 0 Å². The van der Waals surface area contributed by atoms with Gasteiger partial charge < -0.3 is 15.1 Å². The lowest BCUT2D eigenvalue weighted by atomic mass is 10.2. The maximum atomic E-state index is 12.3. The van der Waals surface area contributed by atoms with E-state index in [-0.39, 0.29) is 5.91 Å². The molecule has 0 aromatic carbocycles. The first-order valence-corrected chi connectivity index (χ1v) is 6.99. The molecule has 104 valence electrons. The second kappa shape index (κ2) is 6.42. The van der Waals surface area contributed by atoms with Gasteiger partial charge in [0.1, 0.15) is 0 Å². The summed E-state index contributed by atoms with van der Waals surface area (Å²) in [7, 11) is 1.77. The molecular weight excluding hydrogens is 272 g/mol. The van der Waals surface area contributed by atoms with Gasteiger partial charge in [0.25, 0.3) is 5.91 Å². The molecule has 0 spiro atoms. The third-order valence-electron chi connectivity index (χ3n) is 2.78. The monoisotopic (exact) mass is 288 g/mol. The van der Waals surface area contributed by atoms with Gasteiger partial charge in [-0.3, -0.25) is 4.79 Å². The predicted molar refractivity (Wildman–Crippen MR) is 79.5 cm³/mol. The number of carbonyl (C=O) groups excluding carboxylic acids is 1. The van der Waals surface area contributed by atoms with Crippen LogP contribution in [0.15, 0.2) is 29.1 Å². The van der Waals surface area contributed by atoms with Gasteiger partial charge in [-0.2, -0.15) is 0 Å². The number of furan rings is 1. The molecule has 5 heteroatoms. The van der Waals surface area contributed by atoms with E-state index in [1.54, 1.807) is 24.5 Å². The summed E-state index contributed by atoms with van der Waals surface area (Å²) in [6.07, 6.45) is 3.24. The molecule has 0 bridgehead atoms. The van der Waals surface area contributed by atoms with E-state index in [0.29, 0.717) is 18.0 Å². The molecule has 2 rings (SSSR count). The number of aryl methyl sites for hydroxylation is 1. The SMILES string of the molecule is Cc1cc(C(=O)N(C)Cc2ccoc2)sc1C#CCN. The number of amides is 1. The molecule has 2 N–H and O–H groups in total. The van der Waals surface area contributed by atoms with Gasteiger partial charge in [0.05, 0.1) is 28.8 Å². The fourth-order valence-electron chi connectivity index (χ4n) is 1.76. The zero-order chi connectivity index (χ0) is 14.5. The van der Waals surface area contributed by atoms with Crippen molar-refractivity contribution in [3.63, 3.8) is 0 Å². The Morgan fingerprint density at radius 3 is 3.00 bits per heavy atom. The molecule has 20 heavy (non-hydrogen) atoms. The number of nitrogens with two attached hydrogens (primary N) is 1. The summed E-state index contributed by atoms with van der Waals surface area (Å²) < 4.78 is 5.00. The van der Waals surface area contributed by atoms with E-state index in [1.807, 2.05) is 19.1 Å². The summed E-state index contributed by atoms with van der Waals surface area (Å²) in [6, 6.07) is 3.72. The van der Waals surface area contributed by atoms with Crippen LogP contribution in [0, 0.1) is 18.8 Å². The number of hydrogen-bond acceptors (Lipinski definition) is 4. The van der Waals surface area contributed by atoms with Crippen LogP contribution in [0.1, 0.15) is 25.7 Å². The molecule has 0 fully saturated rings. The highest BCUT2D eigenvalue weighted by Crippen LogP contribution is 2.22. The molecule has 0 saturated carbocycles. The summed E-state index contributed by atoms with van der Waals surface area (Å²) in [5.41, 5.74) is 7.34. The lowest BCUT2D eigenvalue weighted by Crippen LogP contribution is -2.25. The van der Waals surface area contributed by atoms with Crippen molar-refractivity contribution in [3.05, 3.63) is 45.5 Å². The van der Waals surface area contributed by atoms with Crippen molar-refractivity contribution >= 4 is 17.2 Å². The van der Waals surface area contributed by atoms with Gasteiger partial charge in [-0.15, -0.1) is 11.3 Å². The Balaban J connectivity index is 2.12. The first kappa shape index (κ1) is 14.4. The van der Waals surface area contributed by atoms with E-state index in [0.717, 1.165) is 16.0 Å². The molecule has 4 nitrogen and oxygen atoms in total. The van der Waals surface area contributed by atoms with Gasteiger partial charge >= 0.3 is 0 Å². The summed E-state index contributed by atoms with van der Waals surface area (Å²) >= 11 is 1.40. The predicted octanol–water partition coefficient (Wildman–Crippen LogP) is 2.23. The Hall–Kier alpha value is -2.03. The van der Waals surface area contributed by atoms with Crippen LogP contribution >= 0.6 is 11.3 Å². The van der Waals surface area contributed by atoms with E-state index >= 15 is 0 Å². The summed E-state index contributed by atoms with van der Waals surface area (Å²) in [5.74, 6) is 5.79. The summed E-state index contributed by atoms with van der Waals surface area (Å²) in [6.45, 7) is 2.79. The number of rotatable bonds is 3. The molecule has 0 unspecified atom stereocenters. The number of nitrogens with zero attached hydrogens (tertiary/aromatic N) is 1. The van der Waals surface area contributed by atoms with Crippen molar-refractivity contribution < 1.29 is 9.21 Å². The van der Waals surface area contributed by atoms with Gasteiger partial charge in [0.2, 0.25) is 0 Å². The fraction of sp³-hybridized carbons (Fsp3) is 0.267. The van der Waals surface area contributed by atoms with E-state index in [9.17, 15) is 4.79 Å². The largest absolute Gasteiger partial charge is 0.472 e. The number of hydrogen-bond donors (Lipinski definition) is 1. The minimum absolute atomic E-state index is 0.0138. The van der Waals surface area contributed by atoms with Gasteiger partial charge in [-0.05, 0) is 24.6 Å². The Kier molecular flexibility index (Phi) is 4.61. The third kappa shape index (κ3) is 3.29. The van der Waals surface area contributed by atoms with Crippen molar-refractivity contribution in [1.82, 2.24) is 4.90 Å². The van der Waals surface area contributed by atoms with Gasteiger partial charge in [0.15, 0.2) is 0 Å². The average Bonchev–Trinajstić information content (AvgIpc) is 3.05. The number of carbonyl (C=O) groups is 1. The number of thiophene rings is 1. The molecular formula is C15H16N2O2S. The molecule has 1 amide bonds. The minimum atomic E-state index is -0.0138. The second-order valence-electron chi connectivity index (χ2n) is 4.42. The van der Waals surface area contributed by atoms with Crippen LogP contribution in [-0.4, -0.2) is 24.4 Å². The fourth-order valence-corrected chi connectivity index (χ4v) is 2.80. The van der Waals surface area contributed by atoms with Crippen molar-refractivity contribution in [3.8, 4) is 11.8 Å². The molecule has 2 heterocycles. The highest BCUT2D eigenvalue weighted by molar-refractivity contribution is 7.14. The minimum Gasteiger partial charge on any atom is -0.472 e. The van der Waals surface area contributed by atoms with E-state index in [1.165, 1.54) is 11.3 Å². The van der Waals surface area contributed by atoms with E-state index in [2.05, 4.69) is 11.8 Å². The van der Waals surface area contributed by atoms with Crippen LogP contribution in [-0.2, 0) is 6.54 Å². The standard InChI is InChI=1S/C15H16N2O2S/c1-11-8-14(20-13(11)4-3-6-16)15(18)17(2)9-12-5-7-19-10-12/h5,7-8,10H,6,9,16H2,1-2H3. The quantitative estimate of drug-likeness (QED) is 0.881. The van der Waals surface area contributed by atoms with Gasteiger partial charge in [-0.1, -0.05) is 11.8 Å². The van der Waals surface area contributed by atoms with E-state index in [4.69, 9.17) is 10.2 Å². The Bertz CT molecular complexity index is 647. The van der Waals surface area contributed by atoms with Gasteiger partial charge in [-0.25, -0.2) is 0 Å². The van der Waals surface area contributed by atoms with Crippen molar-refractivity contribution in [2.75, 3.05) is 13.6 Å². The zero-order valence-electron chi connectivity index (χ0n) is 11.5. The lowest BCUT2D eigenvalue weighted by Gasteiger charge is -2.14. The van der Waals surface area contributed by atoms with Crippen LogP contribution in [0.2, 0.25) is 0 Å². The molecule has 0 aliphatic heterocycles. The summed E-state index contributed by atoms with van der Waals surface area (Å²) in [5, 5.41) is 0. The topological polar surface area (TPSA) is 59.5 Å². The van der Waals surface area contributed by atoms with Crippen LogP contribution in [0.3, 0.4) is 0 Å². The molecule has 2 aromatic heterocycles. The Morgan fingerprint density at radius 1 is 1.55 bits per heavy atom. The summed E-state index contributed by atoms with van der Waals surface area (Å²) in [4.78, 5) is 15.6. The third-order valence-corrected chi connectivity index (χ3v) is 3.92. The second-order valence-corrected chi connectivity index (χ2v) is 5.47. The Morgan fingerprint density at radius 2 is 2.35 bits per heavy atom. The lowest BCUT2D eigenvalue weighted by molar-refractivity contribution is 0.0789. The van der Waals surface area contributed by atoms with Crippen LogP contribution in [0.25, 0.3) is 0 Å². The Labute approximate surface area is 122 Å². The average molecular weight is 288 g/mol. The molecule has 0 aliphatic rings. The highest BCUT2D eigenvalue weighted by atomic mass is 32.1. The maximum absolute atomic E-state index is 12.3. The maximum Gasteiger partial charge on any atom is 0.264 e. The zero-order valence-corrected chi connectivity index (χ0v) is 12.3. The smallest absolute Gasteiger partial charge is 0.264 e. The van der Waals surface area contributed by atoms with Gasteiger partial charge in [0, 0.05) is 19.2 Å². The van der Waals surface area contributed by atoms with E-state index < -0.39 is 0 Å². The molecule has 0 radical (unpaired) electrons. The normalized spacial score (nSPS) is 9.95. The molecule has 0 atom stereocenters. The van der Waals surface area contributed by atoms with Crippen LogP contribution in [0.5, 0.6) is 0 Å².